The van der Waals surface area contributed by atoms with Crippen molar-refractivity contribution >= 4 is 45.5 Å². The Morgan fingerprint density at radius 2 is 1.64 bits per heavy atom. The van der Waals surface area contributed by atoms with Crippen LogP contribution in [0.1, 0.15) is 16.1 Å². The number of benzene rings is 3. The van der Waals surface area contributed by atoms with Gasteiger partial charge >= 0.3 is 0 Å². The maximum Gasteiger partial charge on any atom is 0.137 e. The standard InChI is InChI=1S/C28H18ClN3S/c1-18-6-5-9-22-14-23(27(29)32-26(18)22)15-24(16-30)28-31-25(17-33-28)21-12-10-20(11-13-21)19-7-3-2-4-8-19/h2-15,17H,1H3/b24-15+. The number of allylic oxidation sites excluding steroid dienone is 1. The molecule has 2 heterocycles. The summed E-state index contributed by atoms with van der Waals surface area (Å²) < 4.78 is 0. The lowest BCUT2D eigenvalue weighted by Crippen LogP contribution is -1.89. The SMILES string of the molecule is Cc1cccc2cc(/C=C(\C#N)c3nc(-c4ccc(-c5ccccc5)cc4)cs3)c(Cl)nc12. The molecule has 0 fully saturated rings. The molecule has 0 unspecified atom stereocenters. The van der Waals surface area contributed by atoms with Crippen LogP contribution in [0.4, 0.5) is 0 Å². The van der Waals surface area contributed by atoms with Crippen molar-refractivity contribution in [2.45, 2.75) is 6.92 Å². The molecule has 0 amide bonds. The molecular weight excluding hydrogens is 446 g/mol. The molecule has 33 heavy (non-hydrogen) atoms. The molecular formula is C28H18ClN3S. The maximum atomic E-state index is 9.82. The molecule has 0 bridgehead atoms. The molecule has 0 aliphatic carbocycles. The summed E-state index contributed by atoms with van der Waals surface area (Å²) in [6, 6.07) is 28.8. The normalized spacial score (nSPS) is 11.5. The van der Waals surface area contributed by atoms with Crippen molar-refractivity contribution in [1.82, 2.24) is 9.97 Å². The van der Waals surface area contributed by atoms with Gasteiger partial charge in [0.25, 0.3) is 0 Å². The lowest BCUT2D eigenvalue weighted by molar-refractivity contribution is 1.35. The molecule has 0 radical (unpaired) electrons. The predicted molar refractivity (Wildman–Crippen MR) is 138 cm³/mol. The predicted octanol–water partition coefficient (Wildman–Crippen LogP) is 8.05. The zero-order valence-corrected chi connectivity index (χ0v) is 19.4. The van der Waals surface area contributed by atoms with Crippen molar-refractivity contribution in [3.63, 3.8) is 0 Å². The van der Waals surface area contributed by atoms with E-state index in [1.165, 1.54) is 16.9 Å². The van der Waals surface area contributed by atoms with Gasteiger partial charge in [-0.3, -0.25) is 0 Å². The number of nitrogens with zero attached hydrogens (tertiary/aromatic N) is 3. The first-order chi connectivity index (χ1) is 16.1. The van der Waals surface area contributed by atoms with E-state index in [4.69, 9.17) is 16.6 Å². The Balaban J connectivity index is 1.46. The fraction of sp³-hybridized carbons (Fsp3) is 0.0357. The summed E-state index contributed by atoms with van der Waals surface area (Å²) in [6.45, 7) is 2.01. The minimum Gasteiger partial charge on any atom is -0.235 e. The number of rotatable bonds is 4. The molecule has 0 N–H and O–H groups in total. The third kappa shape index (κ3) is 4.29. The second kappa shape index (κ2) is 8.99. The fourth-order valence-electron chi connectivity index (χ4n) is 3.73. The summed E-state index contributed by atoms with van der Waals surface area (Å²) in [5.74, 6) is 0. The number of hydrogen-bond acceptors (Lipinski definition) is 4. The molecule has 3 nitrogen and oxygen atoms in total. The molecule has 0 aliphatic rings. The van der Waals surface area contributed by atoms with Crippen molar-refractivity contribution < 1.29 is 0 Å². The largest absolute Gasteiger partial charge is 0.235 e. The molecule has 5 rings (SSSR count). The molecule has 0 saturated heterocycles. The van der Waals surface area contributed by atoms with E-state index in [9.17, 15) is 5.26 Å². The minimum absolute atomic E-state index is 0.373. The van der Waals surface area contributed by atoms with Crippen LogP contribution in [0, 0.1) is 18.3 Å². The molecule has 3 aromatic carbocycles. The van der Waals surface area contributed by atoms with Crippen LogP contribution in [-0.2, 0) is 0 Å². The van der Waals surface area contributed by atoms with Gasteiger partial charge < -0.3 is 0 Å². The zero-order valence-electron chi connectivity index (χ0n) is 17.8. The molecule has 0 spiro atoms. The number of aryl methyl sites for hydroxylation is 1. The molecule has 158 valence electrons. The third-order valence-corrected chi connectivity index (χ3v) is 6.65. The molecule has 0 saturated carbocycles. The highest BCUT2D eigenvalue weighted by molar-refractivity contribution is 7.11. The Hall–Kier alpha value is -3.78. The van der Waals surface area contributed by atoms with Crippen molar-refractivity contribution in [3.8, 4) is 28.5 Å². The van der Waals surface area contributed by atoms with Gasteiger partial charge in [-0.05, 0) is 35.8 Å². The first kappa shape index (κ1) is 21.1. The van der Waals surface area contributed by atoms with Gasteiger partial charge in [-0.15, -0.1) is 11.3 Å². The van der Waals surface area contributed by atoms with E-state index >= 15 is 0 Å². The highest BCUT2D eigenvalue weighted by atomic mass is 35.5. The summed E-state index contributed by atoms with van der Waals surface area (Å²) >= 11 is 7.89. The maximum absolute atomic E-state index is 9.82. The lowest BCUT2D eigenvalue weighted by atomic mass is 10.0. The second-order valence-corrected chi connectivity index (χ2v) is 8.88. The number of hydrogen-bond donors (Lipinski definition) is 0. The van der Waals surface area contributed by atoms with Crippen molar-refractivity contribution in [3.05, 3.63) is 106 Å². The van der Waals surface area contributed by atoms with E-state index in [1.807, 2.05) is 54.8 Å². The van der Waals surface area contributed by atoms with Crippen molar-refractivity contribution in [1.29, 1.82) is 5.26 Å². The quantitative estimate of drug-likeness (QED) is 0.200. The average molecular weight is 464 g/mol. The van der Waals surface area contributed by atoms with Gasteiger partial charge in [-0.1, -0.05) is 84.4 Å². The lowest BCUT2D eigenvalue weighted by Gasteiger charge is -2.05. The first-order valence-corrected chi connectivity index (χ1v) is 11.7. The molecule has 5 aromatic rings. The Bertz CT molecular complexity index is 1530. The Morgan fingerprint density at radius 1 is 0.909 bits per heavy atom. The summed E-state index contributed by atoms with van der Waals surface area (Å²) in [6.07, 6.45) is 1.76. The van der Waals surface area contributed by atoms with Crippen LogP contribution in [-0.4, -0.2) is 9.97 Å². The van der Waals surface area contributed by atoms with Gasteiger partial charge in [0.15, 0.2) is 0 Å². The van der Waals surface area contributed by atoms with E-state index in [0.717, 1.165) is 33.3 Å². The summed E-state index contributed by atoms with van der Waals surface area (Å²) in [5, 5.41) is 13.8. The van der Waals surface area contributed by atoms with Crippen LogP contribution < -0.4 is 0 Å². The highest BCUT2D eigenvalue weighted by Crippen LogP contribution is 2.31. The summed E-state index contributed by atoms with van der Waals surface area (Å²) in [7, 11) is 0. The molecule has 0 aliphatic heterocycles. The van der Waals surface area contributed by atoms with Crippen LogP contribution in [0.2, 0.25) is 5.15 Å². The van der Waals surface area contributed by atoms with Gasteiger partial charge in [-0.25, -0.2) is 9.97 Å². The zero-order chi connectivity index (χ0) is 22.8. The first-order valence-electron chi connectivity index (χ1n) is 10.4. The van der Waals surface area contributed by atoms with Crippen molar-refractivity contribution in [2.75, 3.05) is 0 Å². The van der Waals surface area contributed by atoms with E-state index in [2.05, 4.69) is 47.5 Å². The molecule has 0 atom stereocenters. The molecule has 5 heteroatoms. The van der Waals surface area contributed by atoms with Crippen LogP contribution >= 0.6 is 22.9 Å². The third-order valence-electron chi connectivity index (χ3n) is 5.47. The van der Waals surface area contributed by atoms with E-state index < -0.39 is 0 Å². The molecule has 2 aromatic heterocycles. The van der Waals surface area contributed by atoms with Crippen LogP contribution in [0.15, 0.2) is 84.2 Å². The smallest absolute Gasteiger partial charge is 0.137 e. The number of aromatic nitrogens is 2. The fourth-order valence-corrected chi connectivity index (χ4v) is 4.72. The highest BCUT2D eigenvalue weighted by Gasteiger charge is 2.12. The number of nitriles is 1. The van der Waals surface area contributed by atoms with Gasteiger partial charge in [0, 0.05) is 21.9 Å². The Morgan fingerprint density at radius 3 is 2.39 bits per heavy atom. The van der Waals surface area contributed by atoms with Crippen LogP contribution in [0.3, 0.4) is 0 Å². The van der Waals surface area contributed by atoms with Gasteiger partial charge in [0.1, 0.15) is 16.2 Å². The van der Waals surface area contributed by atoms with Crippen LogP contribution in [0.5, 0.6) is 0 Å². The second-order valence-electron chi connectivity index (χ2n) is 7.67. The van der Waals surface area contributed by atoms with E-state index in [1.54, 1.807) is 6.08 Å². The number of thiazole rings is 1. The van der Waals surface area contributed by atoms with Gasteiger partial charge in [0.05, 0.1) is 16.8 Å². The van der Waals surface area contributed by atoms with Gasteiger partial charge in [0.2, 0.25) is 0 Å². The number of pyridine rings is 1. The van der Waals surface area contributed by atoms with Crippen molar-refractivity contribution in [2.24, 2.45) is 0 Å². The van der Waals surface area contributed by atoms with E-state index in [0.29, 0.717) is 21.3 Å². The minimum atomic E-state index is 0.373. The Labute approximate surface area is 201 Å². The number of halogens is 1. The monoisotopic (exact) mass is 463 g/mol. The number of fused-ring (bicyclic) bond motifs is 1. The summed E-state index contributed by atoms with van der Waals surface area (Å²) in [5.41, 5.74) is 7.28. The van der Waals surface area contributed by atoms with E-state index in [-0.39, 0.29) is 0 Å². The van der Waals surface area contributed by atoms with Gasteiger partial charge in [-0.2, -0.15) is 5.26 Å². The topological polar surface area (TPSA) is 49.6 Å². The summed E-state index contributed by atoms with van der Waals surface area (Å²) in [4.78, 5) is 9.26. The Kier molecular flexibility index (Phi) is 5.75. The average Bonchev–Trinajstić information content (AvgIpc) is 3.34. The van der Waals surface area contributed by atoms with Crippen LogP contribution in [0.25, 0.3) is 44.9 Å². The number of para-hydroxylation sites is 1.